The van der Waals surface area contributed by atoms with Crippen molar-refractivity contribution in [2.24, 2.45) is 11.0 Å². The van der Waals surface area contributed by atoms with Gasteiger partial charge >= 0.3 is 5.97 Å². The molecule has 1 saturated carbocycles. The number of rotatable bonds is 5. The first-order valence-electron chi connectivity index (χ1n) is 8.67. The second-order valence-corrected chi connectivity index (χ2v) is 6.61. The van der Waals surface area contributed by atoms with E-state index in [9.17, 15) is 19.8 Å². The normalized spacial score (nSPS) is 26.2. The van der Waals surface area contributed by atoms with Crippen LogP contribution in [0, 0.1) is 5.92 Å². The smallest absolute Gasteiger partial charge is 0.328 e. The average molecular weight is 345 g/mol. The minimum absolute atomic E-state index is 0.0557. The van der Waals surface area contributed by atoms with Gasteiger partial charge in [0.05, 0.1) is 11.8 Å². The van der Waals surface area contributed by atoms with E-state index in [0.717, 1.165) is 25.7 Å². The molecule has 1 aromatic rings. The topological polar surface area (TPSA) is 102 Å². The predicted octanol–water partition coefficient (Wildman–Crippen LogP) is 1.37. The molecule has 1 aliphatic carbocycles. The van der Waals surface area contributed by atoms with Gasteiger partial charge in [0.2, 0.25) is 0 Å². The molecule has 1 aromatic carbocycles. The minimum atomic E-state index is -1.02. The number of hydrazone groups is 1. The number of aliphatic hydroxyl groups is 1. The number of carbonyl (C=O) groups is 2. The Hall–Kier alpha value is -2.41. The molecule has 1 amide bonds. The highest BCUT2D eigenvalue weighted by Gasteiger charge is 2.36. The van der Waals surface area contributed by atoms with Crippen molar-refractivity contribution in [1.29, 1.82) is 0 Å². The summed E-state index contributed by atoms with van der Waals surface area (Å²) in [6.45, 7) is 0.391. The zero-order chi connectivity index (χ0) is 17.8. The van der Waals surface area contributed by atoms with Crippen molar-refractivity contribution in [1.82, 2.24) is 5.32 Å². The van der Waals surface area contributed by atoms with Crippen molar-refractivity contribution in [3.8, 4) is 0 Å². The van der Waals surface area contributed by atoms with Crippen LogP contribution < -0.4 is 10.3 Å². The first-order valence-corrected chi connectivity index (χ1v) is 8.67. The number of carboxylic acid groups (broad SMARTS) is 1. The first-order chi connectivity index (χ1) is 12.1. The van der Waals surface area contributed by atoms with Crippen molar-refractivity contribution < 1.29 is 19.8 Å². The summed E-state index contributed by atoms with van der Waals surface area (Å²) < 4.78 is 0. The molecule has 134 valence electrons. The van der Waals surface area contributed by atoms with E-state index in [4.69, 9.17) is 0 Å². The van der Waals surface area contributed by atoms with Crippen LogP contribution in [0.15, 0.2) is 35.4 Å². The summed E-state index contributed by atoms with van der Waals surface area (Å²) in [5.41, 5.74) is 0.849. The molecule has 2 aliphatic rings. The average Bonchev–Trinajstić information content (AvgIpc) is 3.07. The number of aliphatic hydroxyl groups excluding tert-OH is 1. The van der Waals surface area contributed by atoms with Gasteiger partial charge in [-0.25, -0.2) is 4.79 Å². The molecule has 1 heterocycles. The van der Waals surface area contributed by atoms with Gasteiger partial charge in [0, 0.05) is 18.9 Å². The number of nitrogens with zero attached hydrogens (tertiary/aromatic N) is 2. The number of nitrogens with one attached hydrogen (secondary N) is 1. The van der Waals surface area contributed by atoms with E-state index >= 15 is 0 Å². The molecule has 0 saturated heterocycles. The molecule has 1 aliphatic heterocycles. The molecule has 3 rings (SSSR count). The van der Waals surface area contributed by atoms with Crippen LogP contribution in [0.1, 0.15) is 32.1 Å². The number of para-hydroxylation sites is 1. The van der Waals surface area contributed by atoms with Gasteiger partial charge in [-0.05, 0) is 25.0 Å². The summed E-state index contributed by atoms with van der Waals surface area (Å²) in [5, 5.41) is 27.8. The predicted molar refractivity (Wildman–Crippen MR) is 93.4 cm³/mol. The molecular formula is C18H23N3O4. The highest BCUT2D eigenvalue weighted by Crippen LogP contribution is 2.25. The monoisotopic (exact) mass is 345 g/mol. The van der Waals surface area contributed by atoms with Gasteiger partial charge in [0.1, 0.15) is 5.71 Å². The van der Waals surface area contributed by atoms with Crippen LogP contribution in [-0.4, -0.2) is 46.5 Å². The Morgan fingerprint density at radius 1 is 1.20 bits per heavy atom. The summed E-state index contributed by atoms with van der Waals surface area (Å²) in [4.78, 5) is 23.9. The van der Waals surface area contributed by atoms with Crippen LogP contribution in [0.3, 0.4) is 0 Å². The van der Waals surface area contributed by atoms with E-state index < -0.39 is 12.0 Å². The Labute approximate surface area is 146 Å². The van der Waals surface area contributed by atoms with Crippen molar-refractivity contribution >= 4 is 23.3 Å². The molecule has 3 atom stereocenters. The number of anilines is 1. The van der Waals surface area contributed by atoms with Crippen LogP contribution in [0.5, 0.6) is 0 Å². The largest absolute Gasteiger partial charge is 0.480 e. The van der Waals surface area contributed by atoms with Gasteiger partial charge < -0.3 is 15.5 Å². The van der Waals surface area contributed by atoms with E-state index in [1.54, 1.807) is 24.3 Å². The number of amides is 1. The van der Waals surface area contributed by atoms with Crippen molar-refractivity contribution in [3.63, 3.8) is 0 Å². The maximum Gasteiger partial charge on any atom is 0.328 e. The lowest BCUT2D eigenvalue weighted by atomic mass is 9.86. The Morgan fingerprint density at radius 3 is 2.60 bits per heavy atom. The van der Waals surface area contributed by atoms with Crippen LogP contribution in [-0.2, 0) is 9.59 Å². The fourth-order valence-electron chi connectivity index (χ4n) is 3.41. The standard InChI is InChI=1S/C18H23N3O4/c22-16-9-5-4-6-12(16)11-19-17(23)14-10-15(18(24)25)21(20-14)13-7-2-1-3-8-13/h1-3,7-8,12,15-16,22H,4-6,9-11H2,(H,19,23)(H,24,25). The van der Waals surface area contributed by atoms with Crippen LogP contribution in [0.4, 0.5) is 5.69 Å². The summed E-state index contributed by atoms with van der Waals surface area (Å²) in [5.74, 6) is -1.32. The minimum Gasteiger partial charge on any atom is -0.480 e. The third-order valence-electron chi connectivity index (χ3n) is 4.87. The van der Waals surface area contributed by atoms with E-state index in [-0.39, 0.29) is 30.1 Å². The molecule has 7 nitrogen and oxygen atoms in total. The summed E-state index contributed by atoms with van der Waals surface area (Å²) >= 11 is 0. The lowest BCUT2D eigenvalue weighted by molar-refractivity contribution is -0.138. The lowest BCUT2D eigenvalue weighted by Crippen LogP contribution is -2.39. The lowest BCUT2D eigenvalue weighted by Gasteiger charge is -2.27. The van der Waals surface area contributed by atoms with Gasteiger partial charge in [0.25, 0.3) is 5.91 Å². The fourth-order valence-corrected chi connectivity index (χ4v) is 3.41. The zero-order valence-corrected chi connectivity index (χ0v) is 14.0. The molecular weight excluding hydrogens is 322 g/mol. The van der Waals surface area contributed by atoms with Gasteiger partial charge in [-0.1, -0.05) is 31.0 Å². The highest BCUT2D eigenvalue weighted by molar-refractivity contribution is 6.40. The van der Waals surface area contributed by atoms with E-state index in [2.05, 4.69) is 10.4 Å². The van der Waals surface area contributed by atoms with Gasteiger partial charge in [0.15, 0.2) is 6.04 Å². The van der Waals surface area contributed by atoms with Crippen LogP contribution in [0.2, 0.25) is 0 Å². The maximum atomic E-state index is 12.4. The highest BCUT2D eigenvalue weighted by atomic mass is 16.4. The number of carboxylic acids is 1. The molecule has 0 aromatic heterocycles. The van der Waals surface area contributed by atoms with Gasteiger partial charge in [-0.2, -0.15) is 5.10 Å². The molecule has 1 fully saturated rings. The van der Waals surface area contributed by atoms with Crippen molar-refractivity contribution in [2.75, 3.05) is 11.6 Å². The number of hydrogen-bond acceptors (Lipinski definition) is 5. The second kappa shape index (κ2) is 7.65. The Bertz CT molecular complexity index is 662. The van der Waals surface area contributed by atoms with Crippen LogP contribution >= 0.6 is 0 Å². The van der Waals surface area contributed by atoms with Crippen molar-refractivity contribution in [3.05, 3.63) is 30.3 Å². The SMILES string of the molecule is O=C(NCC1CCCCC1O)C1=NN(c2ccccc2)C(C(=O)O)C1. The number of benzene rings is 1. The zero-order valence-electron chi connectivity index (χ0n) is 14.0. The number of carbonyl (C=O) groups excluding carboxylic acids is 1. The fraction of sp³-hybridized carbons (Fsp3) is 0.500. The van der Waals surface area contributed by atoms with E-state index in [1.165, 1.54) is 5.01 Å². The van der Waals surface area contributed by atoms with Crippen LogP contribution in [0.25, 0.3) is 0 Å². The second-order valence-electron chi connectivity index (χ2n) is 6.61. The van der Waals surface area contributed by atoms with E-state index in [1.807, 2.05) is 6.07 Å². The molecule has 3 N–H and O–H groups in total. The van der Waals surface area contributed by atoms with Gasteiger partial charge in [-0.15, -0.1) is 0 Å². The Balaban J connectivity index is 1.66. The molecule has 0 spiro atoms. The summed E-state index contributed by atoms with van der Waals surface area (Å²) in [6.07, 6.45) is 3.41. The Kier molecular flexibility index (Phi) is 5.33. The number of aliphatic carboxylic acids is 1. The van der Waals surface area contributed by atoms with E-state index in [0.29, 0.717) is 12.2 Å². The molecule has 7 heteroatoms. The molecule has 3 unspecified atom stereocenters. The maximum absolute atomic E-state index is 12.4. The Morgan fingerprint density at radius 2 is 1.92 bits per heavy atom. The quantitative estimate of drug-likeness (QED) is 0.748. The molecule has 0 radical (unpaired) electrons. The summed E-state index contributed by atoms with van der Waals surface area (Å²) in [6, 6.07) is 8.07. The molecule has 25 heavy (non-hydrogen) atoms. The number of hydrogen-bond donors (Lipinski definition) is 3. The third kappa shape index (κ3) is 3.99. The molecule has 0 bridgehead atoms. The van der Waals surface area contributed by atoms with Gasteiger partial charge in [-0.3, -0.25) is 9.80 Å². The van der Waals surface area contributed by atoms with Crippen molar-refractivity contribution in [2.45, 2.75) is 44.2 Å². The summed E-state index contributed by atoms with van der Waals surface area (Å²) in [7, 11) is 0. The first kappa shape index (κ1) is 17.4. The third-order valence-corrected chi connectivity index (χ3v) is 4.87.